The van der Waals surface area contributed by atoms with Crippen LogP contribution in [0.25, 0.3) is 0 Å². The van der Waals surface area contributed by atoms with E-state index in [9.17, 15) is 10.1 Å². The van der Waals surface area contributed by atoms with Crippen molar-refractivity contribution < 1.29 is 14.8 Å². The number of hydrogen-bond acceptors (Lipinski definition) is 3. The number of aliphatic hydroxyl groups is 1. The van der Waals surface area contributed by atoms with Crippen LogP contribution >= 0.6 is 15.9 Å². The van der Waals surface area contributed by atoms with Crippen LogP contribution in [-0.2, 0) is 9.98 Å². The fourth-order valence-electron chi connectivity index (χ4n) is 1.32. The summed E-state index contributed by atoms with van der Waals surface area (Å²) in [6, 6.07) is 7.51. The van der Waals surface area contributed by atoms with E-state index in [2.05, 4.69) is 15.9 Å². The highest BCUT2D eigenvalue weighted by atomic mass is 79.9. The van der Waals surface area contributed by atoms with Crippen molar-refractivity contribution in [2.45, 2.75) is 44.2 Å². The van der Waals surface area contributed by atoms with Crippen molar-refractivity contribution in [3.8, 4) is 0 Å². The van der Waals surface area contributed by atoms with E-state index in [1.807, 2.05) is 18.2 Å². The smallest absolute Gasteiger partial charge is 0.423 e. The van der Waals surface area contributed by atoms with E-state index < -0.39 is 18.3 Å². The Kier molecular flexibility index (Phi) is 5.01. The van der Waals surface area contributed by atoms with Gasteiger partial charge in [0.15, 0.2) is 0 Å². The molecule has 2 N–H and O–H groups in total. The Bertz CT molecular complexity index is 401. The number of alkyl halides is 1. The second-order valence-electron chi connectivity index (χ2n) is 5.42. The molecule has 5 heteroatoms. The van der Waals surface area contributed by atoms with Gasteiger partial charge in [0.25, 0.3) is 0 Å². The van der Waals surface area contributed by atoms with Crippen LogP contribution in [0.15, 0.2) is 24.3 Å². The average molecular weight is 315 g/mol. The maximum Gasteiger partial charge on any atom is 0.491 e. The zero-order valence-corrected chi connectivity index (χ0v) is 12.9. The van der Waals surface area contributed by atoms with E-state index in [0.717, 1.165) is 10.9 Å². The third-order valence-electron chi connectivity index (χ3n) is 3.27. The number of rotatable bonds is 5. The van der Waals surface area contributed by atoms with Crippen LogP contribution < -0.4 is 5.46 Å². The highest BCUT2D eigenvalue weighted by Crippen LogP contribution is 2.25. The van der Waals surface area contributed by atoms with Crippen molar-refractivity contribution in [1.29, 1.82) is 0 Å². The third-order valence-corrected chi connectivity index (χ3v) is 3.92. The van der Waals surface area contributed by atoms with Crippen molar-refractivity contribution in [3.63, 3.8) is 0 Å². The summed E-state index contributed by atoms with van der Waals surface area (Å²) >= 11 is 3.37. The van der Waals surface area contributed by atoms with Gasteiger partial charge in [-0.25, -0.2) is 0 Å². The fraction of sp³-hybridized carbons (Fsp3) is 0.538. The second-order valence-corrected chi connectivity index (χ2v) is 5.98. The lowest BCUT2D eigenvalue weighted by molar-refractivity contribution is -0.0982. The molecule has 0 atom stereocenters. The van der Waals surface area contributed by atoms with Crippen LogP contribution in [0.2, 0.25) is 0 Å². The molecule has 0 aromatic heterocycles. The molecule has 0 heterocycles. The largest absolute Gasteiger partial charge is 0.491 e. The lowest BCUT2D eigenvalue weighted by Crippen LogP contribution is -2.53. The summed E-state index contributed by atoms with van der Waals surface area (Å²) in [5.74, 6) is 0. The first-order valence-corrected chi connectivity index (χ1v) is 7.02. The minimum absolute atomic E-state index is 0.685. The Hall–Kier alpha value is -0.355. The molecule has 1 aromatic carbocycles. The van der Waals surface area contributed by atoms with E-state index in [-0.39, 0.29) is 0 Å². The number of benzene rings is 1. The van der Waals surface area contributed by atoms with Gasteiger partial charge in [0.05, 0.1) is 11.2 Å². The first-order valence-electron chi connectivity index (χ1n) is 5.90. The van der Waals surface area contributed by atoms with Crippen molar-refractivity contribution >= 4 is 28.5 Å². The lowest BCUT2D eigenvalue weighted by atomic mass is 9.76. The SMILES string of the molecule is CC(C)(O)C(C)(C)OB(O)c1cccc(CBr)c1. The van der Waals surface area contributed by atoms with E-state index in [1.54, 1.807) is 33.8 Å². The standard InChI is InChI=1S/C13H20BBrO3/c1-12(2,16)13(3,4)18-14(17)11-7-5-6-10(8-11)9-15/h5-8,16-17H,9H2,1-4H3. The molecule has 1 rings (SSSR count). The van der Waals surface area contributed by atoms with E-state index in [0.29, 0.717) is 5.46 Å². The molecule has 0 aliphatic rings. The first kappa shape index (κ1) is 15.7. The van der Waals surface area contributed by atoms with Gasteiger partial charge in [0.2, 0.25) is 0 Å². The Balaban J connectivity index is 2.85. The highest BCUT2D eigenvalue weighted by molar-refractivity contribution is 9.08. The molecule has 0 aliphatic carbocycles. The molecule has 0 bridgehead atoms. The van der Waals surface area contributed by atoms with Gasteiger partial charge in [-0.1, -0.05) is 40.2 Å². The lowest BCUT2D eigenvalue weighted by Gasteiger charge is -2.38. The van der Waals surface area contributed by atoms with Gasteiger partial charge in [0.1, 0.15) is 0 Å². The molecule has 3 nitrogen and oxygen atoms in total. The topological polar surface area (TPSA) is 49.7 Å². The predicted molar refractivity (Wildman–Crippen MR) is 78.1 cm³/mol. The maximum atomic E-state index is 10.1. The highest BCUT2D eigenvalue weighted by Gasteiger charge is 2.39. The van der Waals surface area contributed by atoms with Crippen LogP contribution in [0.3, 0.4) is 0 Å². The summed E-state index contributed by atoms with van der Waals surface area (Å²) in [7, 11) is -1.05. The van der Waals surface area contributed by atoms with Crippen molar-refractivity contribution in [1.82, 2.24) is 0 Å². The molecule has 0 saturated heterocycles. The summed E-state index contributed by atoms with van der Waals surface area (Å²) in [6.07, 6.45) is 0. The minimum Gasteiger partial charge on any atom is -0.423 e. The molecule has 0 aliphatic heterocycles. The van der Waals surface area contributed by atoms with Gasteiger partial charge in [0, 0.05) is 5.33 Å². The second kappa shape index (κ2) is 5.74. The first-order chi connectivity index (χ1) is 8.17. The van der Waals surface area contributed by atoms with E-state index >= 15 is 0 Å². The normalized spacial score (nSPS) is 12.6. The molecule has 0 saturated carbocycles. The molecule has 0 amide bonds. The Morgan fingerprint density at radius 1 is 1.28 bits per heavy atom. The zero-order chi connectivity index (χ0) is 14.0. The van der Waals surface area contributed by atoms with Crippen molar-refractivity contribution in [3.05, 3.63) is 29.8 Å². The van der Waals surface area contributed by atoms with Crippen LogP contribution in [0.4, 0.5) is 0 Å². The Morgan fingerprint density at radius 3 is 2.39 bits per heavy atom. The summed E-state index contributed by atoms with van der Waals surface area (Å²) in [5, 5.41) is 20.8. The van der Waals surface area contributed by atoms with Gasteiger partial charge in [-0.15, -0.1) is 0 Å². The van der Waals surface area contributed by atoms with Gasteiger partial charge >= 0.3 is 7.12 Å². The van der Waals surface area contributed by atoms with Gasteiger partial charge in [-0.2, -0.15) is 0 Å². The monoisotopic (exact) mass is 314 g/mol. The molecule has 0 radical (unpaired) electrons. The minimum atomic E-state index is -1.05. The van der Waals surface area contributed by atoms with Crippen LogP contribution in [-0.4, -0.2) is 28.5 Å². The molecule has 0 fully saturated rings. The van der Waals surface area contributed by atoms with Gasteiger partial charge in [-0.3, -0.25) is 0 Å². The summed E-state index contributed by atoms with van der Waals surface area (Å²) in [6.45, 7) is 6.83. The molecular formula is C13H20BBrO3. The van der Waals surface area contributed by atoms with Crippen LogP contribution in [0, 0.1) is 0 Å². The van der Waals surface area contributed by atoms with E-state index in [4.69, 9.17) is 4.65 Å². The predicted octanol–water partition coefficient (Wildman–Crippen LogP) is 1.84. The van der Waals surface area contributed by atoms with Crippen LogP contribution in [0.5, 0.6) is 0 Å². The molecule has 100 valence electrons. The molecule has 1 aromatic rings. The maximum absolute atomic E-state index is 10.1. The number of halogens is 1. The molecule has 0 spiro atoms. The summed E-state index contributed by atoms with van der Waals surface area (Å²) in [4.78, 5) is 0. The fourth-order valence-corrected chi connectivity index (χ4v) is 1.67. The molecular weight excluding hydrogens is 295 g/mol. The summed E-state index contributed by atoms with van der Waals surface area (Å²) in [5.41, 5.74) is -0.141. The average Bonchev–Trinajstić information content (AvgIpc) is 2.27. The summed E-state index contributed by atoms with van der Waals surface area (Å²) < 4.78 is 5.58. The van der Waals surface area contributed by atoms with Crippen molar-refractivity contribution in [2.75, 3.05) is 0 Å². The Morgan fingerprint density at radius 2 is 1.89 bits per heavy atom. The van der Waals surface area contributed by atoms with Gasteiger partial charge in [-0.05, 0) is 38.7 Å². The molecule has 0 unspecified atom stereocenters. The quantitative estimate of drug-likeness (QED) is 0.644. The zero-order valence-electron chi connectivity index (χ0n) is 11.3. The third kappa shape index (κ3) is 3.82. The molecule has 18 heavy (non-hydrogen) atoms. The Labute approximate surface area is 117 Å². The van der Waals surface area contributed by atoms with Gasteiger partial charge < -0.3 is 14.8 Å². The number of hydrogen-bond donors (Lipinski definition) is 2. The van der Waals surface area contributed by atoms with Crippen LogP contribution in [0.1, 0.15) is 33.3 Å². The van der Waals surface area contributed by atoms with Crippen molar-refractivity contribution in [2.24, 2.45) is 0 Å². The van der Waals surface area contributed by atoms with E-state index in [1.165, 1.54) is 0 Å².